The second-order valence-corrected chi connectivity index (χ2v) is 3.73. The van der Waals surface area contributed by atoms with Gasteiger partial charge in [0, 0.05) is 12.0 Å². The highest BCUT2D eigenvalue weighted by atomic mass is 16.6. The quantitative estimate of drug-likeness (QED) is 0.582. The van der Waals surface area contributed by atoms with Crippen molar-refractivity contribution in [3.8, 4) is 11.8 Å². The Kier molecular flexibility index (Phi) is 3.55. The van der Waals surface area contributed by atoms with E-state index < -0.39 is 0 Å². The van der Waals surface area contributed by atoms with Gasteiger partial charge in [-0.1, -0.05) is 31.6 Å². The number of hydrogen-bond donors (Lipinski definition) is 0. The van der Waals surface area contributed by atoms with Crippen LogP contribution in [0.1, 0.15) is 38.2 Å². The number of fused-ring (bicyclic) bond motifs is 1. The summed E-state index contributed by atoms with van der Waals surface area (Å²) in [4.78, 5) is 0. The highest BCUT2D eigenvalue weighted by molar-refractivity contribution is 5.74. The molecule has 0 saturated heterocycles. The summed E-state index contributed by atoms with van der Waals surface area (Å²) in [6.07, 6.45) is 4.62. The van der Waals surface area contributed by atoms with Crippen molar-refractivity contribution in [2.24, 2.45) is 0 Å². The molecule has 0 radical (unpaired) electrons. The molecule has 0 aliphatic heterocycles. The Morgan fingerprint density at radius 2 is 2.06 bits per heavy atom. The molecule has 82 valence electrons. The minimum atomic E-state index is 0.764. The lowest BCUT2D eigenvalue weighted by molar-refractivity contribution is 0.315. The van der Waals surface area contributed by atoms with E-state index in [1.165, 1.54) is 19.3 Å². The van der Waals surface area contributed by atoms with Gasteiger partial charge in [-0.2, -0.15) is 0 Å². The van der Waals surface area contributed by atoms with Crippen molar-refractivity contribution >= 4 is 11.0 Å². The number of hydrogen-bond acceptors (Lipinski definition) is 3. The molecule has 0 unspecified atom stereocenters. The lowest BCUT2D eigenvalue weighted by atomic mass is 10.1. The van der Waals surface area contributed by atoms with Gasteiger partial charge in [-0.25, -0.2) is 4.63 Å². The largest absolute Gasteiger partial charge is 0.243 e. The summed E-state index contributed by atoms with van der Waals surface area (Å²) < 4.78 is 4.63. The zero-order valence-electron chi connectivity index (χ0n) is 9.36. The molecule has 0 bridgehead atoms. The van der Waals surface area contributed by atoms with Crippen LogP contribution in [0.5, 0.6) is 0 Å². The fourth-order valence-electron chi connectivity index (χ4n) is 1.49. The summed E-state index contributed by atoms with van der Waals surface area (Å²) in [7, 11) is 0. The first-order valence-electron chi connectivity index (χ1n) is 5.61. The van der Waals surface area contributed by atoms with E-state index in [1.807, 2.05) is 18.2 Å². The molecule has 3 heteroatoms. The highest BCUT2D eigenvalue weighted by Gasteiger charge is 1.98. The molecule has 0 atom stereocenters. The van der Waals surface area contributed by atoms with Gasteiger partial charge in [0.2, 0.25) is 0 Å². The first kappa shape index (κ1) is 10.7. The second-order valence-electron chi connectivity index (χ2n) is 3.73. The molecule has 2 rings (SSSR count). The van der Waals surface area contributed by atoms with Crippen LogP contribution in [-0.2, 0) is 0 Å². The van der Waals surface area contributed by atoms with E-state index >= 15 is 0 Å². The van der Waals surface area contributed by atoms with E-state index in [0.29, 0.717) is 0 Å². The number of unbranched alkanes of at least 4 members (excludes halogenated alkanes) is 3. The van der Waals surface area contributed by atoms with E-state index in [1.54, 1.807) is 0 Å². The molecule has 1 heterocycles. The van der Waals surface area contributed by atoms with E-state index in [9.17, 15) is 0 Å². The Balaban J connectivity index is 2.03. The van der Waals surface area contributed by atoms with Crippen LogP contribution in [0.2, 0.25) is 0 Å². The standard InChI is InChI=1S/C13H14N2O/c1-2-3-4-5-6-7-11-8-9-12-13(10-11)15-16-14-12/h8-10H,2-5H2,1H3. The van der Waals surface area contributed by atoms with E-state index in [0.717, 1.165) is 23.0 Å². The van der Waals surface area contributed by atoms with Gasteiger partial charge in [-0.15, -0.1) is 0 Å². The van der Waals surface area contributed by atoms with Crippen LogP contribution in [-0.4, -0.2) is 10.3 Å². The lowest BCUT2D eigenvalue weighted by Gasteiger charge is -1.90. The van der Waals surface area contributed by atoms with Crippen molar-refractivity contribution in [1.82, 2.24) is 10.3 Å². The predicted molar refractivity (Wildman–Crippen MR) is 62.8 cm³/mol. The van der Waals surface area contributed by atoms with Crippen molar-refractivity contribution in [1.29, 1.82) is 0 Å². The van der Waals surface area contributed by atoms with Crippen LogP contribution in [0.15, 0.2) is 22.8 Å². The van der Waals surface area contributed by atoms with Crippen LogP contribution < -0.4 is 0 Å². The molecule has 1 aromatic heterocycles. The molecule has 0 N–H and O–H groups in total. The number of nitrogens with zero attached hydrogens (tertiary/aromatic N) is 2. The van der Waals surface area contributed by atoms with Crippen LogP contribution in [0.3, 0.4) is 0 Å². The predicted octanol–water partition coefficient (Wildman–Crippen LogP) is 3.15. The third-order valence-corrected chi connectivity index (χ3v) is 2.39. The molecule has 0 amide bonds. The minimum Gasteiger partial charge on any atom is -0.243 e. The first-order valence-corrected chi connectivity index (χ1v) is 5.61. The van der Waals surface area contributed by atoms with Gasteiger partial charge in [-0.05, 0) is 34.9 Å². The Bertz CT molecular complexity index is 519. The molecular weight excluding hydrogens is 200 g/mol. The third-order valence-electron chi connectivity index (χ3n) is 2.39. The van der Waals surface area contributed by atoms with Gasteiger partial charge in [0.15, 0.2) is 0 Å². The molecule has 16 heavy (non-hydrogen) atoms. The Hall–Kier alpha value is -1.82. The highest BCUT2D eigenvalue weighted by Crippen LogP contribution is 2.10. The second kappa shape index (κ2) is 5.32. The Morgan fingerprint density at radius 1 is 1.19 bits per heavy atom. The Morgan fingerprint density at radius 3 is 2.94 bits per heavy atom. The molecular formula is C13H14N2O. The summed E-state index contributed by atoms with van der Waals surface area (Å²) >= 11 is 0. The van der Waals surface area contributed by atoms with Gasteiger partial charge >= 0.3 is 0 Å². The molecule has 3 nitrogen and oxygen atoms in total. The van der Waals surface area contributed by atoms with Gasteiger partial charge in [0.05, 0.1) is 0 Å². The fourth-order valence-corrected chi connectivity index (χ4v) is 1.49. The SMILES string of the molecule is CCCCCC#Cc1ccc2nonc2c1. The Labute approximate surface area is 94.8 Å². The zero-order valence-corrected chi connectivity index (χ0v) is 9.36. The smallest absolute Gasteiger partial charge is 0.136 e. The first-order chi connectivity index (χ1) is 7.90. The summed E-state index contributed by atoms with van der Waals surface area (Å²) in [6.45, 7) is 2.19. The maximum atomic E-state index is 4.63. The average Bonchev–Trinajstić information content (AvgIpc) is 2.76. The maximum absolute atomic E-state index is 4.63. The number of benzene rings is 1. The van der Waals surface area contributed by atoms with Crippen molar-refractivity contribution < 1.29 is 4.63 Å². The van der Waals surface area contributed by atoms with Crippen molar-refractivity contribution in [2.75, 3.05) is 0 Å². The van der Waals surface area contributed by atoms with Crippen molar-refractivity contribution in [2.45, 2.75) is 32.6 Å². The summed E-state index contributed by atoms with van der Waals surface area (Å²) in [5.74, 6) is 6.29. The molecule has 0 saturated carbocycles. The van der Waals surface area contributed by atoms with E-state index in [-0.39, 0.29) is 0 Å². The molecule has 0 spiro atoms. The minimum absolute atomic E-state index is 0.764. The number of aromatic nitrogens is 2. The fraction of sp³-hybridized carbons (Fsp3) is 0.385. The molecule has 0 fully saturated rings. The third kappa shape index (κ3) is 2.60. The van der Waals surface area contributed by atoms with Gasteiger partial charge in [0.25, 0.3) is 0 Å². The summed E-state index contributed by atoms with van der Waals surface area (Å²) in [5.41, 5.74) is 2.51. The van der Waals surface area contributed by atoms with Crippen molar-refractivity contribution in [3.63, 3.8) is 0 Å². The van der Waals surface area contributed by atoms with Gasteiger partial charge in [-0.3, -0.25) is 0 Å². The zero-order chi connectivity index (χ0) is 11.2. The van der Waals surface area contributed by atoms with Gasteiger partial charge < -0.3 is 0 Å². The van der Waals surface area contributed by atoms with E-state index in [2.05, 4.69) is 33.7 Å². The van der Waals surface area contributed by atoms with Crippen LogP contribution in [0.25, 0.3) is 11.0 Å². The molecule has 0 aliphatic carbocycles. The lowest BCUT2D eigenvalue weighted by Crippen LogP contribution is -1.76. The van der Waals surface area contributed by atoms with Crippen molar-refractivity contribution in [3.05, 3.63) is 23.8 Å². The average molecular weight is 214 g/mol. The maximum Gasteiger partial charge on any atom is 0.136 e. The topological polar surface area (TPSA) is 38.9 Å². The summed E-state index contributed by atoms with van der Waals surface area (Å²) in [6, 6.07) is 5.72. The normalized spacial score (nSPS) is 10.1. The van der Waals surface area contributed by atoms with Crippen LogP contribution in [0, 0.1) is 11.8 Å². The van der Waals surface area contributed by atoms with E-state index in [4.69, 9.17) is 0 Å². The van der Waals surface area contributed by atoms with Gasteiger partial charge in [0.1, 0.15) is 11.0 Å². The number of rotatable bonds is 3. The van der Waals surface area contributed by atoms with Crippen LogP contribution >= 0.6 is 0 Å². The summed E-state index contributed by atoms with van der Waals surface area (Å²) in [5, 5.41) is 7.53. The van der Waals surface area contributed by atoms with Crippen LogP contribution in [0.4, 0.5) is 0 Å². The molecule has 2 aromatic rings. The molecule has 0 aliphatic rings. The molecule has 1 aromatic carbocycles. The monoisotopic (exact) mass is 214 g/mol.